The summed E-state index contributed by atoms with van der Waals surface area (Å²) >= 11 is 0. The number of nitrogens with zero attached hydrogens (tertiary/aromatic N) is 3. The van der Waals surface area contributed by atoms with Crippen molar-refractivity contribution in [1.29, 1.82) is 0 Å². The van der Waals surface area contributed by atoms with Gasteiger partial charge in [0, 0.05) is 5.41 Å². The summed E-state index contributed by atoms with van der Waals surface area (Å²) in [4.78, 5) is 4.47. The fourth-order valence-corrected chi connectivity index (χ4v) is 7.07. The number of benzene rings is 3. The SMILES string of the molecule is CCC(C)(CC)C(O[Si](C)(C)C)(c1ncn(C(c2ccccc2)(c2ccccc2)c2ccccc2)n1)C(F)(F)F. The fraction of sp³-hybridized carbons (Fsp3) is 0.375. The molecule has 4 nitrogen and oxygen atoms in total. The Balaban J connectivity index is 2.12. The first-order valence-corrected chi connectivity index (χ1v) is 17.1. The van der Waals surface area contributed by atoms with Crippen LogP contribution in [-0.4, -0.2) is 29.3 Å². The van der Waals surface area contributed by atoms with E-state index in [-0.39, 0.29) is 18.7 Å². The Morgan fingerprint density at radius 1 is 0.725 bits per heavy atom. The molecule has 0 N–H and O–H groups in total. The molecule has 0 radical (unpaired) electrons. The van der Waals surface area contributed by atoms with Crippen molar-refractivity contribution in [3.63, 3.8) is 0 Å². The molecule has 3 aromatic carbocycles. The molecule has 0 fully saturated rings. The van der Waals surface area contributed by atoms with Crippen LogP contribution < -0.4 is 0 Å². The minimum absolute atomic E-state index is 0.239. The van der Waals surface area contributed by atoms with Gasteiger partial charge in [0.05, 0.1) is 0 Å². The maximum atomic E-state index is 15.5. The number of halogens is 3. The monoisotopic (exact) mass is 565 g/mol. The zero-order valence-electron chi connectivity index (χ0n) is 24.0. The summed E-state index contributed by atoms with van der Waals surface area (Å²) in [5.74, 6) is -0.360. The van der Waals surface area contributed by atoms with Crippen molar-refractivity contribution in [2.75, 3.05) is 0 Å². The van der Waals surface area contributed by atoms with E-state index in [1.165, 1.54) is 6.33 Å². The van der Waals surface area contributed by atoms with Gasteiger partial charge in [-0.1, -0.05) is 112 Å². The molecule has 0 saturated heterocycles. The number of hydrogen-bond acceptors (Lipinski definition) is 3. The molecule has 1 unspecified atom stereocenters. The van der Waals surface area contributed by atoms with Crippen LogP contribution in [0.2, 0.25) is 19.6 Å². The third-order valence-electron chi connectivity index (χ3n) is 7.99. The maximum absolute atomic E-state index is 15.5. The fourth-order valence-electron chi connectivity index (χ4n) is 5.69. The summed E-state index contributed by atoms with van der Waals surface area (Å²) in [5, 5.41) is 4.78. The molecular weight excluding hydrogens is 527 g/mol. The zero-order valence-corrected chi connectivity index (χ0v) is 25.0. The van der Waals surface area contributed by atoms with Gasteiger partial charge >= 0.3 is 6.18 Å². The van der Waals surface area contributed by atoms with E-state index in [1.807, 2.05) is 91.0 Å². The Hall–Kier alpha value is -3.23. The van der Waals surface area contributed by atoms with Crippen molar-refractivity contribution in [3.8, 4) is 0 Å². The van der Waals surface area contributed by atoms with Crippen LogP contribution in [0, 0.1) is 5.41 Å². The zero-order chi connectivity index (χ0) is 29.2. The highest BCUT2D eigenvalue weighted by Crippen LogP contribution is 2.57. The van der Waals surface area contributed by atoms with Crippen LogP contribution in [-0.2, 0) is 15.6 Å². The van der Waals surface area contributed by atoms with Gasteiger partial charge in [-0.2, -0.15) is 18.3 Å². The van der Waals surface area contributed by atoms with Gasteiger partial charge in [-0.15, -0.1) is 0 Å². The molecule has 1 aromatic heterocycles. The molecule has 1 heterocycles. The van der Waals surface area contributed by atoms with Crippen LogP contribution in [0.4, 0.5) is 13.2 Å². The average Bonchev–Trinajstić information content (AvgIpc) is 3.43. The molecule has 0 saturated carbocycles. The third kappa shape index (κ3) is 4.92. The van der Waals surface area contributed by atoms with Gasteiger partial charge < -0.3 is 4.43 Å². The second kappa shape index (κ2) is 11.0. The van der Waals surface area contributed by atoms with E-state index in [0.29, 0.717) is 0 Å². The van der Waals surface area contributed by atoms with Crippen LogP contribution in [0.25, 0.3) is 0 Å². The molecule has 40 heavy (non-hydrogen) atoms. The lowest BCUT2D eigenvalue weighted by molar-refractivity contribution is -0.304. The van der Waals surface area contributed by atoms with Crippen molar-refractivity contribution in [2.24, 2.45) is 5.41 Å². The molecule has 212 valence electrons. The van der Waals surface area contributed by atoms with E-state index >= 15 is 13.2 Å². The Morgan fingerprint density at radius 3 is 1.45 bits per heavy atom. The molecule has 0 amide bonds. The molecule has 0 aliphatic rings. The Kier molecular flexibility index (Phi) is 8.16. The Morgan fingerprint density at radius 2 is 1.12 bits per heavy atom. The first kappa shape index (κ1) is 29.7. The highest BCUT2D eigenvalue weighted by atomic mass is 28.4. The summed E-state index contributed by atoms with van der Waals surface area (Å²) in [5.41, 5.74) is -2.52. The van der Waals surface area contributed by atoms with E-state index in [0.717, 1.165) is 16.7 Å². The number of rotatable bonds is 10. The van der Waals surface area contributed by atoms with Crippen molar-refractivity contribution < 1.29 is 17.6 Å². The second-order valence-corrected chi connectivity index (χ2v) is 15.9. The summed E-state index contributed by atoms with van der Waals surface area (Å²) in [6.45, 7) is 10.5. The van der Waals surface area contributed by atoms with Crippen molar-refractivity contribution in [3.05, 3.63) is 120 Å². The van der Waals surface area contributed by atoms with Gasteiger partial charge in [0.1, 0.15) is 11.9 Å². The first-order valence-electron chi connectivity index (χ1n) is 13.7. The predicted molar refractivity (Wildman–Crippen MR) is 155 cm³/mol. The molecule has 4 aromatic rings. The minimum atomic E-state index is -4.75. The Labute approximate surface area is 236 Å². The molecule has 0 aliphatic heterocycles. The van der Waals surface area contributed by atoms with Crippen LogP contribution in [0.15, 0.2) is 97.3 Å². The lowest BCUT2D eigenvalue weighted by atomic mass is 9.68. The molecule has 0 aliphatic carbocycles. The minimum Gasteiger partial charge on any atom is -0.398 e. The molecule has 4 rings (SSSR count). The number of alkyl halides is 3. The summed E-state index contributed by atoms with van der Waals surface area (Å²) in [7, 11) is -2.77. The molecule has 1 atom stereocenters. The summed E-state index contributed by atoms with van der Waals surface area (Å²) < 4.78 is 54.5. The van der Waals surface area contributed by atoms with E-state index in [4.69, 9.17) is 9.52 Å². The molecule has 0 bridgehead atoms. The van der Waals surface area contributed by atoms with Gasteiger partial charge in [0.2, 0.25) is 5.60 Å². The van der Waals surface area contributed by atoms with Gasteiger partial charge in [-0.05, 0) is 49.2 Å². The second-order valence-electron chi connectivity index (χ2n) is 11.5. The topological polar surface area (TPSA) is 39.9 Å². The molecular formula is C32H38F3N3OSi. The first-order chi connectivity index (χ1) is 18.9. The maximum Gasteiger partial charge on any atom is 0.424 e. The number of aromatic nitrogens is 3. The summed E-state index contributed by atoms with van der Waals surface area (Å²) in [6.07, 6.45) is -2.84. The van der Waals surface area contributed by atoms with Crippen molar-refractivity contribution in [2.45, 2.75) is 70.6 Å². The van der Waals surface area contributed by atoms with Gasteiger partial charge in [0.25, 0.3) is 0 Å². The third-order valence-corrected chi connectivity index (χ3v) is 8.91. The van der Waals surface area contributed by atoms with Gasteiger partial charge in [0.15, 0.2) is 14.1 Å². The van der Waals surface area contributed by atoms with E-state index in [9.17, 15) is 0 Å². The average molecular weight is 566 g/mol. The van der Waals surface area contributed by atoms with Crippen LogP contribution in [0.3, 0.4) is 0 Å². The molecule has 8 heteroatoms. The van der Waals surface area contributed by atoms with Crippen LogP contribution >= 0.6 is 0 Å². The lowest BCUT2D eigenvalue weighted by Crippen LogP contribution is -2.60. The lowest BCUT2D eigenvalue weighted by Gasteiger charge is -2.49. The van der Waals surface area contributed by atoms with Crippen LogP contribution in [0.1, 0.15) is 56.1 Å². The van der Waals surface area contributed by atoms with Crippen molar-refractivity contribution >= 4 is 8.32 Å². The van der Waals surface area contributed by atoms with Gasteiger partial charge in [-0.3, -0.25) is 0 Å². The van der Waals surface area contributed by atoms with E-state index in [2.05, 4.69) is 4.98 Å². The smallest absolute Gasteiger partial charge is 0.398 e. The standard InChI is InChI=1S/C32H38F3N3OSi/c1-7-29(3,8-2)31(32(33,34)35,39-40(4,5)6)28-36-24-38(37-28)30(25-18-12-9-13-19-25,26-20-14-10-15-21-26)27-22-16-11-17-23-27/h9-24H,7-8H2,1-6H3. The predicted octanol–water partition coefficient (Wildman–Crippen LogP) is 8.55. The van der Waals surface area contributed by atoms with Crippen LogP contribution in [0.5, 0.6) is 0 Å². The number of hydrogen-bond donors (Lipinski definition) is 0. The molecule has 0 spiro atoms. The highest BCUT2D eigenvalue weighted by Gasteiger charge is 2.69. The van der Waals surface area contributed by atoms with E-state index in [1.54, 1.807) is 45.1 Å². The largest absolute Gasteiger partial charge is 0.424 e. The highest BCUT2D eigenvalue weighted by molar-refractivity contribution is 6.69. The van der Waals surface area contributed by atoms with Gasteiger partial charge in [-0.25, -0.2) is 9.67 Å². The Bertz CT molecular complexity index is 1290. The van der Waals surface area contributed by atoms with E-state index < -0.39 is 31.0 Å². The van der Waals surface area contributed by atoms with Crippen molar-refractivity contribution in [1.82, 2.24) is 14.8 Å². The quantitative estimate of drug-likeness (QED) is 0.143. The normalized spacial score (nSPS) is 14.6. The summed E-state index contributed by atoms with van der Waals surface area (Å²) in [6, 6.07) is 29.1.